The first-order chi connectivity index (χ1) is 14.5. The predicted octanol–water partition coefficient (Wildman–Crippen LogP) is 4.30. The standard InChI is InChI=1S/C24H23NO4S/c1-17-7-10-20(11-8-17)30(26,27)25-14-21(18-5-3-2-4-6-18)22(15-25)19-9-12-23-24(13-19)29-16-28-23/h2-13,21-22H,14-16H2,1H3/t21-,22+/m1/s1. The van der Waals surface area contributed by atoms with Gasteiger partial charge in [-0.15, -0.1) is 0 Å². The van der Waals surface area contributed by atoms with Gasteiger partial charge in [0.05, 0.1) is 4.90 Å². The van der Waals surface area contributed by atoms with Gasteiger partial charge >= 0.3 is 0 Å². The first-order valence-electron chi connectivity index (χ1n) is 10.0. The molecule has 1 fully saturated rings. The Morgan fingerprint density at radius 2 is 1.47 bits per heavy atom. The van der Waals surface area contributed by atoms with Gasteiger partial charge in [0.15, 0.2) is 11.5 Å². The highest BCUT2D eigenvalue weighted by Gasteiger charge is 2.41. The number of nitrogens with zero attached hydrogens (tertiary/aromatic N) is 1. The molecule has 5 nitrogen and oxygen atoms in total. The van der Waals surface area contributed by atoms with Gasteiger partial charge in [-0.2, -0.15) is 4.31 Å². The Labute approximate surface area is 176 Å². The molecule has 0 aliphatic carbocycles. The second kappa shape index (κ2) is 7.45. The lowest BCUT2D eigenvalue weighted by Crippen LogP contribution is -2.29. The number of sulfonamides is 1. The highest BCUT2D eigenvalue weighted by atomic mass is 32.2. The molecule has 0 bridgehead atoms. The summed E-state index contributed by atoms with van der Waals surface area (Å²) in [5.74, 6) is 1.55. The second-order valence-corrected chi connectivity index (χ2v) is 9.81. The molecule has 1 saturated heterocycles. The lowest BCUT2D eigenvalue weighted by atomic mass is 9.84. The van der Waals surface area contributed by atoms with E-state index >= 15 is 0 Å². The summed E-state index contributed by atoms with van der Waals surface area (Å²) >= 11 is 0. The topological polar surface area (TPSA) is 55.8 Å². The molecule has 154 valence electrons. The molecule has 2 heterocycles. The van der Waals surface area contributed by atoms with Gasteiger partial charge in [0, 0.05) is 24.9 Å². The van der Waals surface area contributed by atoms with Gasteiger partial charge in [0.25, 0.3) is 0 Å². The van der Waals surface area contributed by atoms with Gasteiger partial charge in [0.1, 0.15) is 0 Å². The van der Waals surface area contributed by atoms with E-state index in [0.717, 1.165) is 28.2 Å². The Morgan fingerprint density at radius 3 is 2.20 bits per heavy atom. The van der Waals surface area contributed by atoms with Crippen LogP contribution in [0.2, 0.25) is 0 Å². The summed E-state index contributed by atoms with van der Waals surface area (Å²) in [6, 6.07) is 23.1. The Hall–Kier alpha value is -2.83. The minimum absolute atomic E-state index is 0.0297. The predicted molar refractivity (Wildman–Crippen MR) is 114 cm³/mol. The van der Waals surface area contributed by atoms with Gasteiger partial charge in [-0.1, -0.05) is 54.1 Å². The molecule has 0 saturated carbocycles. The fraction of sp³-hybridized carbons (Fsp3) is 0.250. The molecule has 0 unspecified atom stereocenters. The molecule has 0 N–H and O–H groups in total. The van der Waals surface area contributed by atoms with Crippen LogP contribution in [-0.2, 0) is 10.0 Å². The van der Waals surface area contributed by atoms with Crippen molar-refractivity contribution in [2.24, 2.45) is 0 Å². The van der Waals surface area contributed by atoms with E-state index in [1.807, 2.05) is 55.5 Å². The summed E-state index contributed by atoms with van der Waals surface area (Å²) in [5.41, 5.74) is 3.24. The molecule has 3 aromatic carbocycles. The number of hydrogen-bond donors (Lipinski definition) is 0. The zero-order chi connectivity index (χ0) is 20.7. The Bertz CT molecular complexity index is 1160. The van der Waals surface area contributed by atoms with E-state index < -0.39 is 10.0 Å². The largest absolute Gasteiger partial charge is 0.454 e. The van der Waals surface area contributed by atoms with E-state index in [9.17, 15) is 8.42 Å². The Morgan fingerprint density at radius 1 is 0.800 bits per heavy atom. The second-order valence-electron chi connectivity index (χ2n) is 7.87. The van der Waals surface area contributed by atoms with E-state index in [1.54, 1.807) is 16.4 Å². The summed E-state index contributed by atoms with van der Waals surface area (Å²) in [7, 11) is -3.57. The van der Waals surface area contributed by atoms with Gasteiger partial charge in [-0.05, 0) is 42.3 Å². The van der Waals surface area contributed by atoms with Crippen molar-refractivity contribution in [3.05, 3.63) is 89.5 Å². The third kappa shape index (κ3) is 3.36. The third-order valence-electron chi connectivity index (χ3n) is 6.00. The Kier molecular flexibility index (Phi) is 4.76. The number of rotatable bonds is 4. The monoisotopic (exact) mass is 421 g/mol. The number of ether oxygens (including phenoxy) is 2. The molecule has 2 atom stereocenters. The van der Waals surface area contributed by atoms with E-state index in [4.69, 9.17) is 9.47 Å². The van der Waals surface area contributed by atoms with Crippen LogP contribution in [0.4, 0.5) is 0 Å². The van der Waals surface area contributed by atoms with Crippen LogP contribution >= 0.6 is 0 Å². The van der Waals surface area contributed by atoms with Crippen molar-refractivity contribution in [1.29, 1.82) is 0 Å². The van der Waals surface area contributed by atoms with Crippen molar-refractivity contribution < 1.29 is 17.9 Å². The lowest BCUT2D eigenvalue weighted by Gasteiger charge is -2.19. The molecule has 3 aromatic rings. The van der Waals surface area contributed by atoms with Crippen molar-refractivity contribution in [3.8, 4) is 11.5 Å². The molecule has 30 heavy (non-hydrogen) atoms. The molecule has 5 rings (SSSR count). The minimum atomic E-state index is -3.57. The van der Waals surface area contributed by atoms with Crippen molar-refractivity contribution in [2.45, 2.75) is 23.7 Å². The maximum Gasteiger partial charge on any atom is 0.243 e. The summed E-state index contributed by atoms with van der Waals surface area (Å²) < 4.78 is 39.4. The highest BCUT2D eigenvalue weighted by molar-refractivity contribution is 7.89. The smallest absolute Gasteiger partial charge is 0.243 e. The van der Waals surface area contributed by atoms with E-state index in [1.165, 1.54) is 0 Å². The summed E-state index contributed by atoms with van der Waals surface area (Å²) in [4.78, 5) is 0.339. The van der Waals surface area contributed by atoms with Crippen LogP contribution in [0.5, 0.6) is 11.5 Å². The summed E-state index contributed by atoms with van der Waals surface area (Å²) in [5, 5.41) is 0. The van der Waals surface area contributed by atoms with Crippen LogP contribution in [0, 0.1) is 6.92 Å². The molecule has 0 amide bonds. The number of hydrogen-bond acceptors (Lipinski definition) is 4. The molecule has 2 aliphatic rings. The average Bonchev–Trinajstić information content (AvgIpc) is 3.42. The first-order valence-corrected chi connectivity index (χ1v) is 11.5. The van der Waals surface area contributed by atoms with Crippen LogP contribution in [-0.4, -0.2) is 32.6 Å². The zero-order valence-electron chi connectivity index (χ0n) is 16.7. The maximum absolute atomic E-state index is 13.4. The van der Waals surface area contributed by atoms with Gasteiger partial charge in [-0.3, -0.25) is 0 Å². The normalized spacial score (nSPS) is 21.1. The molecule has 6 heteroatoms. The van der Waals surface area contributed by atoms with Crippen LogP contribution in [0.1, 0.15) is 28.5 Å². The summed E-state index contributed by atoms with van der Waals surface area (Å²) in [6.45, 7) is 3.04. The zero-order valence-corrected chi connectivity index (χ0v) is 17.5. The van der Waals surface area contributed by atoms with Gasteiger partial charge in [0.2, 0.25) is 16.8 Å². The van der Waals surface area contributed by atoms with Gasteiger partial charge < -0.3 is 9.47 Å². The SMILES string of the molecule is Cc1ccc(S(=O)(=O)N2C[C@H](c3ccccc3)[C@H](c3ccc4c(c3)OCO4)C2)cc1. The van der Waals surface area contributed by atoms with Crippen molar-refractivity contribution in [2.75, 3.05) is 19.9 Å². The molecular formula is C24H23NO4S. The molecular weight excluding hydrogens is 398 g/mol. The Balaban J connectivity index is 1.52. The highest BCUT2D eigenvalue weighted by Crippen LogP contribution is 2.44. The molecule has 2 aliphatic heterocycles. The molecule has 0 aromatic heterocycles. The maximum atomic E-state index is 13.4. The van der Waals surface area contributed by atoms with Gasteiger partial charge in [-0.25, -0.2) is 8.42 Å². The van der Waals surface area contributed by atoms with Crippen LogP contribution in [0.15, 0.2) is 77.7 Å². The van der Waals surface area contributed by atoms with Crippen LogP contribution in [0.25, 0.3) is 0 Å². The summed E-state index contributed by atoms with van der Waals surface area (Å²) in [6.07, 6.45) is 0. The average molecular weight is 422 g/mol. The molecule has 0 radical (unpaired) electrons. The number of aryl methyl sites for hydroxylation is 1. The van der Waals surface area contributed by atoms with Crippen LogP contribution in [0.3, 0.4) is 0 Å². The van der Waals surface area contributed by atoms with Crippen molar-refractivity contribution in [1.82, 2.24) is 4.31 Å². The fourth-order valence-corrected chi connectivity index (χ4v) is 5.83. The lowest BCUT2D eigenvalue weighted by molar-refractivity contribution is 0.174. The van der Waals surface area contributed by atoms with Crippen LogP contribution < -0.4 is 9.47 Å². The van der Waals surface area contributed by atoms with Crippen molar-refractivity contribution in [3.63, 3.8) is 0 Å². The van der Waals surface area contributed by atoms with E-state index in [2.05, 4.69) is 12.1 Å². The number of benzene rings is 3. The fourth-order valence-electron chi connectivity index (χ4n) is 4.34. The molecule has 0 spiro atoms. The third-order valence-corrected chi connectivity index (χ3v) is 7.84. The van der Waals surface area contributed by atoms with Crippen molar-refractivity contribution >= 4 is 10.0 Å². The van der Waals surface area contributed by atoms with E-state index in [-0.39, 0.29) is 18.6 Å². The first kappa shape index (κ1) is 19.2. The van der Waals surface area contributed by atoms with E-state index in [0.29, 0.717) is 18.0 Å². The minimum Gasteiger partial charge on any atom is -0.454 e. The number of fused-ring (bicyclic) bond motifs is 1. The quantitative estimate of drug-likeness (QED) is 0.630.